The number of anilines is 1. The molecule has 1 aliphatic heterocycles. The molecule has 0 atom stereocenters. The molecule has 2 aromatic rings. The average molecular weight is 354 g/mol. The summed E-state index contributed by atoms with van der Waals surface area (Å²) in [5.41, 5.74) is 2.75. The van der Waals surface area contributed by atoms with Crippen LogP contribution in [0.15, 0.2) is 54.6 Å². The highest BCUT2D eigenvalue weighted by Gasteiger charge is 2.22. The standard InChI is InChI=1S/C21H23FN2O2/c1-16(17-7-9-18(22)10-8-17)15-21(25)24-13-11-23(12-14-24)19-5-3-4-6-20(19)26-2/h3-10,15H,11-14H2,1-2H3/b16-15+. The van der Waals surface area contributed by atoms with Crippen molar-refractivity contribution in [1.82, 2.24) is 4.90 Å². The zero-order chi connectivity index (χ0) is 18.5. The molecule has 0 aliphatic carbocycles. The first-order valence-electron chi connectivity index (χ1n) is 8.69. The van der Waals surface area contributed by atoms with Gasteiger partial charge in [0.2, 0.25) is 5.91 Å². The lowest BCUT2D eigenvalue weighted by molar-refractivity contribution is -0.126. The molecule has 3 rings (SSSR count). The molecule has 0 N–H and O–H groups in total. The van der Waals surface area contributed by atoms with Crippen molar-refractivity contribution < 1.29 is 13.9 Å². The molecule has 0 spiro atoms. The quantitative estimate of drug-likeness (QED) is 0.787. The van der Waals surface area contributed by atoms with E-state index in [1.807, 2.05) is 36.1 Å². The predicted octanol–water partition coefficient (Wildman–Crippen LogP) is 3.59. The van der Waals surface area contributed by atoms with Gasteiger partial charge in [-0.05, 0) is 42.3 Å². The molecule has 1 saturated heterocycles. The van der Waals surface area contributed by atoms with E-state index in [0.29, 0.717) is 13.1 Å². The van der Waals surface area contributed by atoms with E-state index in [1.165, 1.54) is 12.1 Å². The lowest BCUT2D eigenvalue weighted by atomic mass is 10.1. The van der Waals surface area contributed by atoms with Crippen LogP contribution in [0.25, 0.3) is 5.57 Å². The largest absolute Gasteiger partial charge is 0.495 e. The van der Waals surface area contributed by atoms with Crippen molar-refractivity contribution in [3.8, 4) is 5.75 Å². The van der Waals surface area contributed by atoms with Crippen LogP contribution < -0.4 is 9.64 Å². The minimum Gasteiger partial charge on any atom is -0.495 e. The van der Waals surface area contributed by atoms with Gasteiger partial charge in [0, 0.05) is 32.3 Å². The number of methoxy groups -OCH3 is 1. The summed E-state index contributed by atoms with van der Waals surface area (Å²) in [4.78, 5) is 16.6. The molecule has 1 heterocycles. The Morgan fingerprint density at radius 3 is 2.35 bits per heavy atom. The highest BCUT2D eigenvalue weighted by molar-refractivity contribution is 5.95. The summed E-state index contributed by atoms with van der Waals surface area (Å²) in [6.07, 6.45) is 1.63. The number of hydrogen-bond donors (Lipinski definition) is 0. The number of ether oxygens (including phenoxy) is 1. The second-order valence-electron chi connectivity index (χ2n) is 6.32. The summed E-state index contributed by atoms with van der Waals surface area (Å²) < 4.78 is 18.5. The molecular weight excluding hydrogens is 331 g/mol. The molecule has 26 heavy (non-hydrogen) atoms. The van der Waals surface area contributed by atoms with Gasteiger partial charge in [0.1, 0.15) is 11.6 Å². The molecule has 5 heteroatoms. The smallest absolute Gasteiger partial charge is 0.246 e. The van der Waals surface area contributed by atoms with Gasteiger partial charge in [-0.2, -0.15) is 0 Å². The van der Waals surface area contributed by atoms with Gasteiger partial charge in [0.15, 0.2) is 0 Å². The van der Waals surface area contributed by atoms with E-state index in [4.69, 9.17) is 4.74 Å². The summed E-state index contributed by atoms with van der Waals surface area (Å²) in [7, 11) is 1.67. The maximum Gasteiger partial charge on any atom is 0.246 e. The fraction of sp³-hybridized carbons (Fsp3) is 0.286. The van der Waals surface area contributed by atoms with E-state index < -0.39 is 0 Å². The number of nitrogens with zero attached hydrogens (tertiary/aromatic N) is 2. The van der Waals surface area contributed by atoms with Crippen LogP contribution in [0.1, 0.15) is 12.5 Å². The Morgan fingerprint density at radius 2 is 1.69 bits per heavy atom. The van der Waals surface area contributed by atoms with E-state index in [2.05, 4.69) is 4.90 Å². The van der Waals surface area contributed by atoms with E-state index in [-0.39, 0.29) is 11.7 Å². The minimum absolute atomic E-state index is 0.00787. The van der Waals surface area contributed by atoms with Gasteiger partial charge in [-0.25, -0.2) is 4.39 Å². The first-order chi connectivity index (χ1) is 12.6. The third kappa shape index (κ3) is 4.04. The van der Waals surface area contributed by atoms with Crippen molar-refractivity contribution in [2.45, 2.75) is 6.92 Å². The third-order valence-corrected chi connectivity index (χ3v) is 4.66. The maximum atomic E-state index is 13.0. The number of para-hydroxylation sites is 2. The van der Waals surface area contributed by atoms with E-state index >= 15 is 0 Å². The molecule has 1 aliphatic rings. The van der Waals surface area contributed by atoms with E-state index in [9.17, 15) is 9.18 Å². The number of allylic oxidation sites excluding steroid dienone is 1. The summed E-state index contributed by atoms with van der Waals surface area (Å²) >= 11 is 0. The number of halogens is 1. The lowest BCUT2D eigenvalue weighted by Gasteiger charge is -2.36. The Hall–Kier alpha value is -2.82. The molecule has 0 saturated carbocycles. The molecule has 0 aromatic heterocycles. The summed E-state index contributed by atoms with van der Waals surface area (Å²) in [5, 5.41) is 0. The fourth-order valence-electron chi connectivity index (χ4n) is 3.13. The van der Waals surface area contributed by atoms with Crippen molar-refractivity contribution in [2.24, 2.45) is 0 Å². The molecule has 136 valence electrons. The minimum atomic E-state index is -0.277. The molecule has 2 aromatic carbocycles. The van der Waals surface area contributed by atoms with Gasteiger partial charge in [0.05, 0.1) is 12.8 Å². The van der Waals surface area contributed by atoms with Crippen molar-refractivity contribution in [3.63, 3.8) is 0 Å². The van der Waals surface area contributed by atoms with Gasteiger partial charge in [-0.15, -0.1) is 0 Å². The molecular formula is C21H23FN2O2. The molecule has 1 fully saturated rings. The maximum absolute atomic E-state index is 13.0. The van der Waals surface area contributed by atoms with Gasteiger partial charge >= 0.3 is 0 Å². The first-order valence-corrected chi connectivity index (χ1v) is 8.69. The van der Waals surface area contributed by atoms with Crippen LogP contribution >= 0.6 is 0 Å². The predicted molar refractivity (Wildman–Crippen MR) is 102 cm³/mol. The zero-order valence-electron chi connectivity index (χ0n) is 15.1. The molecule has 0 bridgehead atoms. The Bertz CT molecular complexity index is 794. The van der Waals surface area contributed by atoms with Gasteiger partial charge in [-0.3, -0.25) is 4.79 Å². The van der Waals surface area contributed by atoms with E-state index in [1.54, 1.807) is 25.3 Å². The molecule has 0 unspecified atom stereocenters. The third-order valence-electron chi connectivity index (χ3n) is 4.66. The SMILES string of the molecule is COc1ccccc1N1CCN(C(=O)/C=C(\C)c2ccc(F)cc2)CC1. The van der Waals surface area contributed by atoms with Crippen molar-refractivity contribution in [1.29, 1.82) is 0 Å². The van der Waals surface area contributed by atoms with Crippen LogP contribution in [-0.2, 0) is 4.79 Å². The van der Waals surface area contributed by atoms with Crippen molar-refractivity contribution >= 4 is 17.2 Å². The fourth-order valence-corrected chi connectivity index (χ4v) is 3.13. The number of benzene rings is 2. The molecule has 4 nitrogen and oxygen atoms in total. The van der Waals surface area contributed by atoms with Gasteiger partial charge in [0.25, 0.3) is 0 Å². The Labute approximate surface area is 153 Å². The van der Waals surface area contributed by atoms with Crippen molar-refractivity contribution in [2.75, 3.05) is 38.2 Å². The second kappa shape index (κ2) is 8.04. The molecule has 0 radical (unpaired) electrons. The van der Waals surface area contributed by atoms with Crippen LogP contribution in [0.3, 0.4) is 0 Å². The average Bonchev–Trinajstić information content (AvgIpc) is 2.68. The Kier molecular flexibility index (Phi) is 5.56. The highest BCUT2D eigenvalue weighted by Crippen LogP contribution is 2.28. The Balaban J connectivity index is 1.63. The number of carbonyl (C=O) groups excluding carboxylic acids is 1. The summed E-state index contributed by atoms with van der Waals surface area (Å²) in [5.74, 6) is 0.561. The number of piperazine rings is 1. The van der Waals surface area contributed by atoms with Crippen molar-refractivity contribution in [3.05, 3.63) is 66.0 Å². The van der Waals surface area contributed by atoms with E-state index in [0.717, 1.165) is 35.7 Å². The first kappa shape index (κ1) is 18.0. The molecule has 1 amide bonds. The Morgan fingerprint density at radius 1 is 1.04 bits per heavy atom. The lowest BCUT2D eigenvalue weighted by Crippen LogP contribution is -2.48. The zero-order valence-corrected chi connectivity index (χ0v) is 15.1. The van der Waals surface area contributed by atoms with Gasteiger partial charge in [-0.1, -0.05) is 24.3 Å². The van der Waals surface area contributed by atoms with Crippen LogP contribution in [-0.4, -0.2) is 44.1 Å². The van der Waals surface area contributed by atoms with Crippen LogP contribution in [0.4, 0.5) is 10.1 Å². The summed E-state index contributed by atoms with van der Waals surface area (Å²) in [6, 6.07) is 14.1. The summed E-state index contributed by atoms with van der Waals surface area (Å²) in [6.45, 7) is 4.70. The highest BCUT2D eigenvalue weighted by atomic mass is 19.1. The number of carbonyl (C=O) groups is 1. The normalized spacial score (nSPS) is 15.1. The number of rotatable bonds is 4. The van der Waals surface area contributed by atoms with Crippen LogP contribution in [0.2, 0.25) is 0 Å². The second-order valence-corrected chi connectivity index (χ2v) is 6.32. The van der Waals surface area contributed by atoms with Crippen LogP contribution in [0, 0.1) is 5.82 Å². The van der Waals surface area contributed by atoms with Gasteiger partial charge < -0.3 is 14.5 Å². The van der Waals surface area contributed by atoms with Crippen LogP contribution in [0.5, 0.6) is 5.75 Å². The monoisotopic (exact) mass is 354 g/mol. The number of amides is 1. The number of hydrogen-bond acceptors (Lipinski definition) is 3. The topological polar surface area (TPSA) is 32.8 Å².